The molecule has 0 radical (unpaired) electrons. The van der Waals surface area contributed by atoms with Crippen LogP contribution in [0.4, 0.5) is 0 Å². The van der Waals surface area contributed by atoms with Gasteiger partial charge in [-0.25, -0.2) is 0 Å². The van der Waals surface area contributed by atoms with E-state index in [1.54, 1.807) is 6.08 Å². The van der Waals surface area contributed by atoms with Crippen molar-refractivity contribution >= 4 is 11.7 Å². The lowest BCUT2D eigenvalue weighted by Crippen LogP contribution is -2.57. The van der Waals surface area contributed by atoms with Crippen molar-refractivity contribution in [1.82, 2.24) is 5.32 Å². The highest BCUT2D eigenvalue weighted by Gasteiger charge is 2.83. The second-order valence-corrected chi connectivity index (χ2v) is 10.7. The van der Waals surface area contributed by atoms with E-state index in [1.165, 1.54) is 38.7 Å². The van der Waals surface area contributed by atoms with Crippen molar-refractivity contribution in [3.63, 3.8) is 0 Å². The molecule has 3 N–H and O–H groups in total. The number of ketones is 1. The van der Waals surface area contributed by atoms with E-state index in [9.17, 15) is 19.8 Å². The van der Waals surface area contributed by atoms with E-state index in [0.717, 1.165) is 12.0 Å². The molecule has 0 aromatic carbocycles. The van der Waals surface area contributed by atoms with Crippen LogP contribution in [-0.2, 0) is 23.8 Å². The number of rotatable bonds is 11. The molecule has 4 aliphatic rings. The molecule has 0 aromatic heterocycles. The van der Waals surface area contributed by atoms with Crippen molar-refractivity contribution < 1.29 is 34.0 Å². The molecule has 1 amide bonds. The van der Waals surface area contributed by atoms with Crippen LogP contribution in [0.5, 0.6) is 0 Å². The number of unbranched alkanes of at least 4 members (excludes halogenated alkanes) is 3. The predicted molar refractivity (Wildman–Crippen MR) is 125 cm³/mol. The molecule has 34 heavy (non-hydrogen) atoms. The van der Waals surface area contributed by atoms with E-state index in [2.05, 4.69) is 25.2 Å². The van der Waals surface area contributed by atoms with Crippen LogP contribution in [0.15, 0.2) is 23.8 Å². The first-order chi connectivity index (χ1) is 16.1. The fourth-order valence-corrected chi connectivity index (χ4v) is 5.86. The highest BCUT2D eigenvalue weighted by Crippen LogP contribution is 2.62. The summed E-state index contributed by atoms with van der Waals surface area (Å²) >= 11 is 0. The van der Waals surface area contributed by atoms with Gasteiger partial charge in [-0.2, -0.15) is 0 Å². The van der Waals surface area contributed by atoms with Gasteiger partial charge in [-0.3, -0.25) is 9.59 Å². The van der Waals surface area contributed by atoms with E-state index in [0.29, 0.717) is 12.3 Å². The van der Waals surface area contributed by atoms with Crippen LogP contribution in [0.3, 0.4) is 0 Å². The number of fused-ring (bicyclic) bond motifs is 4. The monoisotopic (exact) mass is 477 g/mol. The highest BCUT2D eigenvalue weighted by atomic mass is 16.7. The van der Waals surface area contributed by atoms with Crippen LogP contribution in [0.25, 0.3) is 0 Å². The molecule has 0 bridgehead atoms. The average molecular weight is 478 g/mol. The summed E-state index contributed by atoms with van der Waals surface area (Å²) in [7, 11) is 0. The summed E-state index contributed by atoms with van der Waals surface area (Å²) in [4.78, 5) is 24.1. The Hall–Kier alpha value is -1.58. The second-order valence-electron chi connectivity index (χ2n) is 10.7. The van der Waals surface area contributed by atoms with Gasteiger partial charge < -0.3 is 29.7 Å². The number of epoxide rings is 2. The minimum absolute atomic E-state index is 0.0385. The van der Waals surface area contributed by atoms with Gasteiger partial charge in [-0.15, -0.1) is 0 Å². The molecule has 190 valence electrons. The van der Waals surface area contributed by atoms with Crippen LogP contribution < -0.4 is 5.32 Å². The number of hydrogen-bond acceptors (Lipinski definition) is 7. The number of ether oxygens (including phenoxy) is 3. The predicted octanol–water partition coefficient (Wildman–Crippen LogP) is 2.32. The van der Waals surface area contributed by atoms with Crippen LogP contribution in [0, 0.1) is 5.92 Å². The topological polar surface area (TPSA) is 121 Å². The molecule has 3 heterocycles. The Kier molecular flexibility index (Phi) is 7.37. The van der Waals surface area contributed by atoms with E-state index in [4.69, 9.17) is 14.2 Å². The molecule has 2 unspecified atom stereocenters. The van der Waals surface area contributed by atoms with Gasteiger partial charge >= 0.3 is 0 Å². The molecule has 4 rings (SSSR count). The number of carbonyl (C=O) groups excluding carboxylic acids is 2. The second kappa shape index (κ2) is 9.82. The summed E-state index contributed by atoms with van der Waals surface area (Å²) in [5.74, 6) is 0.0142. The zero-order valence-electron chi connectivity index (χ0n) is 20.7. The maximum Gasteiger partial charge on any atom is 0.244 e. The van der Waals surface area contributed by atoms with Crippen LogP contribution >= 0.6 is 0 Å². The van der Waals surface area contributed by atoms with Crippen molar-refractivity contribution in [2.45, 2.75) is 121 Å². The lowest BCUT2D eigenvalue weighted by Gasteiger charge is -2.33. The SMILES string of the molecule is CCCCCC[C@H](C)/C=C(C)/C=C/C(=O)N[C@H]1CC2(O[C@H]1O)[C@@H]1O[C@@H]1C(O)(CC(C)=O)[C@@H]1O[C@@H]12. The summed E-state index contributed by atoms with van der Waals surface area (Å²) in [6, 6.07) is -0.618. The third kappa shape index (κ3) is 5.02. The normalized spacial score (nSPS) is 41.3. The Morgan fingerprint density at radius 2 is 1.76 bits per heavy atom. The van der Waals surface area contributed by atoms with E-state index >= 15 is 0 Å². The van der Waals surface area contributed by atoms with Gasteiger partial charge in [0, 0.05) is 18.9 Å². The van der Waals surface area contributed by atoms with Gasteiger partial charge in [0.2, 0.25) is 5.91 Å². The first-order valence-corrected chi connectivity index (χ1v) is 12.7. The molecule has 4 fully saturated rings. The molecular weight excluding hydrogens is 438 g/mol. The fourth-order valence-electron chi connectivity index (χ4n) is 5.86. The molecule has 3 aliphatic heterocycles. The van der Waals surface area contributed by atoms with Gasteiger partial charge in [-0.1, -0.05) is 57.3 Å². The van der Waals surface area contributed by atoms with Gasteiger partial charge in [0.1, 0.15) is 41.4 Å². The molecule has 1 spiro atoms. The summed E-state index contributed by atoms with van der Waals surface area (Å²) in [6.45, 7) is 7.81. The van der Waals surface area contributed by atoms with Crippen LogP contribution in [0.1, 0.15) is 72.6 Å². The van der Waals surface area contributed by atoms with Crippen LogP contribution in [-0.4, -0.2) is 69.9 Å². The van der Waals surface area contributed by atoms with Crippen molar-refractivity contribution in [3.8, 4) is 0 Å². The molecule has 8 heteroatoms. The number of nitrogens with one attached hydrogen (secondary N) is 1. The Morgan fingerprint density at radius 1 is 1.09 bits per heavy atom. The number of allylic oxidation sites excluding steroid dienone is 3. The number of aliphatic hydroxyl groups excluding tert-OH is 1. The van der Waals surface area contributed by atoms with Gasteiger partial charge in [0.05, 0.1) is 6.04 Å². The zero-order chi connectivity index (χ0) is 24.7. The number of hydrogen-bond donors (Lipinski definition) is 3. The average Bonchev–Trinajstić information content (AvgIpc) is 3.66. The third-order valence-corrected chi connectivity index (χ3v) is 7.57. The fraction of sp³-hybridized carbons (Fsp3) is 0.769. The molecule has 3 saturated heterocycles. The van der Waals surface area contributed by atoms with Crippen molar-refractivity contribution in [2.24, 2.45) is 5.92 Å². The molecular formula is C26H39NO7. The number of carbonyl (C=O) groups is 2. The number of aliphatic hydroxyl groups is 2. The summed E-state index contributed by atoms with van der Waals surface area (Å²) in [5.41, 5.74) is -1.26. The van der Waals surface area contributed by atoms with E-state index in [-0.39, 0.29) is 18.1 Å². The molecule has 1 saturated carbocycles. The smallest absolute Gasteiger partial charge is 0.244 e. The quantitative estimate of drug-likeness (QED) is 0.181. The van der Waals surface area contributed by atoms with Crippen molar-refractivity contribution in [1.29, 1.82) is 0 Å². The highest BCUT2D eigenvalue weighted by molar-refractivity contribution is 5.88. The first-order valence-electron chi connectivity index (χ1n) is 12.7. The minimum Gasteiger partial charge on any atom is -0.384 e. The first kappa shape index (κ1) is 25.5. The molecule has 9 atom stereocenters. The zero-order valence-corrected chi connectivity index (χ0v) is 20.7. The summed E-state index contributed by atoms with van der Waals surface area (Å²) < 4.78 is 17.4. The van der Waals surface area contributed by atoms with E-state index in [1.807, 2.05) is 6.92 Å². The summed E-state index contributed by atoms with van der Waals surface area (Å²) in [5, 5.41) is 24.3. The summed E-state index contributed by atoms with van der Waals surface area (Å²) in [6.07, 6.45) is 8.54. The maximum absolute atomic E-state index is 12.5. The van der Waals surface area contributed by atoms with Gasteiger partial charge in [0.25, 0.3) is 0 Å². The van der Waals surface area contributed by atoms with Crippen molar-refractivity contribution in [3.05, 3.63) is 23.8 Å². The molecule has 8 nitrogen and oxygen atoms in total. The third-order valence-electron chi connectivity index (χ3n) is 7.57. The Labute approximate surface area is 201 Å². The minimum atomic E-state index is -1.36. The molecule has 1 aliphatic carbocycles. The largest absolute Gasteiger partial charge is 0.384 e. The Morgan fingerprint density at radius 3 is 2.38 bits per heavy atom. The lowest BCUT2D eigenvalue weighted by molar-refractivity contribution is -0.161. The van der Waals surface area contributed by atoms with Gasteiger partial charge in [0.15, 0.2) is 6.29 Å². The van der Waals surface area contributed by atoms with Crippen LogP contribution in [0.2, 0.25) is 0 Å². The Bertz CT molecular complexity index is 834. The Balaban J connectivity index is 1.29. The number of Topliss-reactive ketones (excluding diaryl/α,β-unsaturated/α-hetero) is 1. The van der Waals surface area contributed by atoms with Crippen molar-refractivity contribution in [2.75, 3.05) is 0 Å². The lowest BCUT2D eigenvalue weighted by atomic mass is 9.72. The standard InChI is InChI=1S/C26H39NO7/c1-5-6-7-8-9-15(2)12-16(3)10-11-19(29)27-18-14-26(34-24(18)30)22-20(32-22)25(31,13-17(4)28)21-23(26)33-21/h10-12,15,18,20-24,30-31H,5-9,13-14H2,1-4H3,(H,27,29)/b11-10+,16-12+/t15-,18-,20-,21+,22+,23-,24+,25?,26?/m0/s1. The number of amides is 1. The van der Waals surface area contributed by atoms with Gasteiger partial charge in [-0.05, 0) is 26.2 Å². The van der Waals surface area contributed by atoms with E-state index < -0.39 is 47.9 Å². The molecule has 0 aromatic rings. The maximum atomic E-state index is 12.5.